The first-order chi connectivity index (χ1) is 4.63. The van der Waals surface area contributed by atoms with Crippen LogP contribution in [0.15, 0.2) is 12.1 Å². The van der Waals surface area contributed by atoms with Crippen molar-refractivity contribution in [3.63, 3.8) is 0 Å². The number of anilines is 1. The molecule has 1 aromatic carbocycles. The van der Waals surface area contributed by atoms with Gasteiger partial charge in [-0.05, 0) is 12.1 Å². The molecule has 0 aliphatic heterocycles. The van der Waals surface area contributed by atoms with Crippen LogP contribution in [0.4, 0.5) is 10.1 Å². The molecule has 0 bridgehead atoms. The van der Waals surface area contributed by atoms with Crippen molar-refractivity contribution in [1.82, 2.24) is 0 Å². The Bertz CT molecular complexity index is 237. The van der Waals surface area contributed by atoms with Crippen LogP contribution in [0.2, 0.25) is 5.02 Å². The number of hydrogen-bond acceptors (Lipinski definition) is 2. The summed E-state index contributed by atoms with van der Waals surface area (Å²) in [5.41, 5.74) is 5.04. The molecule has 54 valence electrons. The van der Waals surface area contributed by atoms with E-state index >= 15 is 0 Å². The molecule has 0 atom stereocenters. The van der Waals surface area contributed by atoms with Crippen LogP contribution >= 0.6 is 11.6 Å². The van der Waals surface area contributed by atoms with E-state index in [0.29, 0.717) is 0 Å². The summed E-state index contributed by atoms with van der Waals surface area (Å²) in [6.45, 7) is 0. The van der Waals surface area contributed by atoms with Gasteiger partial charge in [-0.15, -0.1) is 0 Å². The SMILES string of the molecule is Nc1c(Cl)ccc(F)c1O. The van der Waals surface area contributed by atoms with Gasteiger partial charge in [-0.25, -0.2) is 4.39 Å². The summed E-state index contributed by atoms with van der Waals surface area (Å²) >= 11 is 5.43. The van der Waals surface area contributed by atoms with Crippen LogP contribution in [0.1, 0.15) is 0 Å². The number of benzene rings is 1. The summed E-state index contributed by atoms with van der Waals surface area (Å²) in [7, 11) is 0. The minimum absolute atomic E-state index is 0.123. The zero-order chi connectivity index (χ0) is 7.72. The van der Waals surface area contributed by atoms with E-state index < -0.39 is 11.6 Å². The molecule has 0 saturated carbocycles. The van der Waals surface area contributed by atoms with E-state index in [1.165, 1.54) is 6.07 Å². The lowest BCUT2D eigenvalue weighted by Crippen LogP contribution is -1.88. The van der Waals surface area contributed by atoms with E-state index in [1.54, 1.807) is 0 Å². The summed E-state index contributed by atoms with van der Waals surface area (Å²) in [4.78, 5) is 0. The summed E-state index contributed by atoms with van der Waals surface area (Å²) in [5.74, 6) is -1.35. The molecular weight excluding hydrogens is 157 g/mol. The molecule has 0 spiro atoms. The fourth-order valence-corrected chi connectivity index (χ4v) is 0.709. The second-order valence-electron chi connectivity index (χ2n) is 1.79. The van der Waals surface area contributed by atoms with Gasteiger partial charge in [0.1, 0.15) is 0 Å². The quantitative estimate of drug-likeness (QED) is 0.450. The van der Waals surface area contributed by atoms with Gasteiger partial charge in [0, 0.05) is 0 Å². The Morgan fingerprint density at radius 3 is 2.60 bits per heavy atom. The van der Waals surface area contributed by atoms with Crippen LogP contribution in [0.25, 0.3) is 0 Å². The molecule has 0 radical (unpaired) electrons. The van der Waals surface area contributed by atoms with Crippen LogP contribution in [-0.2, 0) is 0 Å². The van der Waals surface area contributed by atoms with Crippen LogP contribution in [0.3, 0.4) is 0 Å². The molecular formula is C6H5ClFNO. The monoisotopic (exact) mass is 161 g/mol. The average molecular weight is 162 g/mol. The number of phenols is 1. The molecule has 0 heterocycles. The van der Waals surface area contributed by atoms with Crippen LogP contribution < -0.4 is 5.73 Å². The van der Waals surface area contributed by atoms with Crippen molar-refractivity contribution in [3.05, 3.63) is 23.0 Å². The third-order valence-corrected chi connectivity index (χ3v) is 1.44. The molecule has 0 aliphatic rings. The summed E-state index contributed by atoms with van der Waals surface area (Å²) in [6.07, 6.45) is 0. The molecule has 10 heavy (non-hydrogen) atoms. The molecule has 3 N–H and O–H groups in total. The van der Waals surface area contributed by atoms with Gasteiger partial charge in [-0.1, -0.05) is 11.6 Å². The number of hydrogen-bond donors (Lipinski definition) is 2. The first-order valence-corrected chi connectivity index (χ1v) is 2.93. The minimum Gasteiger partial charge on any atom is -0.503 e. The van der Waals surface area contributed by atoms with Gasteiger partial charge >= 0.3 is 0 Å². The average Bonchev–Trinajstić information content (AvgIpc) is 1.93. The van der Waals surface area contributed by atoms with E-state index in [4.69, 9.17) is 22.4 Å². The number of nitrogens with two attached hydrogens (primary N) is 1. The maximum absolute atomic E-state index is 12.4. The third-order valence-electron chi connectivity index (χ3n) is 1.11. The van der Waals surface area contributed by atoms with E-state index in [-0.39, 0.29) is 10.7 Å². The lowest BCUT2D eigenvalue weighted by atomic mass is 10.3. The van der Waals surface area contributed by atoms with Crippen molar-refractivity contribution in [1.29, 1.82) is 0 Å². The van der Waals surface area contributed by atoms with E-state index in [0.717, 1.165) is 6.07 Å². The van der Waals surface area contributed by atoms with E-state index in [9.17, 15) is 4.39 Å². The lowest BCUT2D eigenvalue weighted by molar-refractivity contribution is 0.435. The van der Waals surface area contributed by atoms with Crippen molar-refractivity contribution in [2.75, 3.05) is 5.73 Å². The summed E-state index contributed by atoms with van der Waals surface area (Å²) < 4.78 is 12.4. The van der Waals surface area contributed by atoms with Crippen molar-refractivity contribution in [2.24, 2.45) is 0 Å². The van der Waals surface area contributed by atoms with Crippen molar-refractivity contribution < 1.29 is 9.50 Å². The van der Waals surface area contributed by atoms with Gasteiger partial charge in [-0.3, -0.25) is 0 Å². The molecule has 0 amide bonds. The zero-order valence-corrected chi connectivity index (χ0v) is 5.69. The minimum atomic E-state index is -0.762. The molecule has 0 saturated heterocycles. The molecule has 0 aromatic heterocycles. The molecule has 0 aliphatic carbocycles. The van der Waals surface area contributed by atoms with Gasteiger partial charge < -0.3 is 10.8 Å². The zero-order valence-electron chi connectivity index (χ0n) is 4.94. The molecule has 0 unspecified atom stereocenters. The number of nitrogen functional groups attached to an aromatic ring is 1. The van der Waals surface area contributed by atoms with E-state index in [1.807, 2.05) is 0 Å². The molecule has 4 heteroatoms. The number of halogens is 2. The molecule has 0 fully saturated rings. The van der Waals surface area contributed by atoms with Gasteiger partial charge in [-0.2, -0.15) is 0 Å². The fraction of sp³-hybridized carbons (Fsp3) is 0. The molecule has 1 rings (SSSR count). The number of phenolic OH excluding ortho intramolecular Hbond substituents is 1. The largest absolute Gasteiger partial charge is 0.503 e. The Balaban J connectivity index is 3.34. The highest BCUT2D eigenvalue weighted by atomic mass is 35.5. The van der Waals surface area contributed by atoms with Crippen LogP contribution in [0, 0.1) is 5.82 Å². The summed E-state index contributed by atoms with van der Waals surface area (Å²) in [5, 5.41) is 8.95. The Morgan fingerprint density at radius 1 is 1.50 bits per heavy atom. The lowest BCUT2D eigenvalue weighted by Gasteiger charge is -2.00. The highest BCUT2D eigenvalue weighted by Crippen LogP contribution is 2.30. The predicted molar refractivity (Wildman–Crippen MR) is 37.5 cm³/mol. The van der Waals surface area contributed by atoms with Crippen molar-refractivity contribution >= 4 is 17.3 Å². The maximum atomic E-state index is 12.4. The number of rotatable bonds is 0. The summed E-state index contributed by atoms with van der Waals surface area (Å²) in [6, 6.07) is 2.33. The van der Waals surface area contributed by atoms with E-state index in [2.05, 4.69) is 0 Å². The first-order valence-electron chi connectivity index (χ1n) is 2.55. The van der Waals surface area contributed by atoms with Gasteiger partial charge in [0.15, 0.2) is 11.6 Å². The topological polar surface area (TPSA) is 46.2 Å². The second-order valence-corrected chi connectivity index (χ2v) is 2.20. The highest BCUT2D eigenvalue weighted by Gasteiger charge is 2.06. The van der Waals surface area contributed by atoms with Gasteiger partial charge in [0.05, 0.1) is 10.7 Å². The molecule has 2 nitrogen and oxygen atoms in total. The van der Waals surface area contributed by atoms with Crippen molar-refractivity contribution in [2.45, 2.75) is 0 Å². The molecule has 1 aromatic rings. The maximum Gasteiger partial charge on any atom is 0.176 e. The Morgan fingerprint density at radius 2 is 2.10 bits per heavy atom. The Kier molecular flexibility index (Phi) is 1.68. The standard InChI is InChI=1S/C6H5ClFNO/c7-3-1-2-4(8)6(10)5(3)9/h1-2,10H,9H2. The smallest absolute Gasteiger partial charge is 0.176 e. The van der Waals surface area contributed by atoms with Gasteiger partial charge in [0.25, 0.3) is 0 Å². The van der Waals surface area contributed by atoms with Crippen LogP contribution in [0.5, 0.6) is 5.75 Å². The highest BCUT2D eigenvalue weighted by molar-refractivity contribution is 6.33. The Labute approximate surface area is 62.0 Å². The number of aromatic hydroxyl groups is 1. The second kappa shape index (κ2) is 2.34. The van der Waals surface area contributed by atoms with Crippen molar-refractivity contribution in [3.8, 4) is 5.75 Å². The predicted octanol–water partition coefficient (Wildman–Crippen LogP) is 1.77. The fourth-order valence-electron chi connectivity index (χ4n) is 0.557. The van der Waals surface area contributed by atoms with Crippen LogP contribution in [-0.4, -0.2) is 5.11 Å². The van der Waals surface area contributed by atoms with Gasteiger partial charge in [0.2, 0.25) is 0 Å². The Hall–Kier alpha value is -0.960. The first kappa shape index (κ1) is 7.15. The normalized spacial score (nSPS) is 9.80. The third kappa shape index (κ3) is 0.998.